The van der Waals surface area contributed by atoms with Crippen molar-refractivity contribution in [2.45, 2.75) is 6.54 Å². The predicted molar refractivity (Wildman–Crippen MR) is 54.3 cm³/mol. The molecule has 2 rings (SSSR count). The highest BCUT2D eigenvalue weighted by Crippen LogP contribution is 2.08. The summed E-state index contributed by atoms with van der Waals surface area (Å²) in [5.41, 5.74) is 0. The van der Waals surface area contributed by atoms with Gasteiger partial charge in [-0.1, -0.05) is 16.1 Å². The molecule has 72 valence electrons. The smallest absolute Gasteiger partial charge is 0.147 e. The van der Waals surface area contributed by atoms with Crippen molar-refractivity contribution in [1.29, 1.82) is 0 Å². The molecule has 0 atom stereocenters. The molecule has 7 heteroatoms. The van der Waals surface area contributed by atoms with Crippen molar-refractivity contribution in [3.8, 4) is 0 Å². The number of hydrogen-bond donors (Lipinski definition) is 1. The average molecular weight is 228 g/mol. The van der Waals surface area contributed by atoms with Gasteiger partial charge in [-0.25, -0.2) is 9.97 Å². The van der Waals surface area contributed by atoms with Crippen LogP contribution in [0.4, 0.5) is 5.82 Å². The van der Waals surface area contributed by atoms with Gasteiger partial charge in [-0.15, -0.1) is 5.10 Å². The zero-order valence-corrected chi connectivity index (χ0v) is 8.59. The van der Waals surface area contributed by atoms with Gasteiger partial charge in [-0.05, 0) is 11.5 Å². The Balaban J connectivity index is 1.95. The average Bonchev–Trinajstić information content (AvgIpc) is 2.70. The molecule has 0 amide bonds. The lowest BCUT2D eigenvalue weighted by atomic mass is 10.5. The van der Waals surface area contributed by atoms with Gasteiger partial charge in [0.25, 0.3) is 0 Å². The van der Waals surface area contributed by atoms with Crippen molar-refractivity contribution < 1.29 is 0 Å². The van der Waals surface area contributed by atoms with Crippen LogP contribution in [0.2, 0.25) is 5.15 Å². The van der Waals surface area contributed by atoms with Crippen LogP contribution in [0, 0.1) is 0 Å². The minimum Gasteiger partial charge on any atom is -0.364 e. The van der Waals surface area contributed by atoms with Crippen molar-refractivity contribution in [3.63, 3.8) is 0 Å². The molecule has 5 nitrogen and oxygen atoms in total. The van der Waals surface area contributed by atoms with Crippen LogP contribution in [0.1, 0.15) is 4.88 Å². The van der Waals surface area contributed by atoms with E-state index in [1.54, 1.807) is 12.4 Å². The standard InChI is InChI=1S/C7H6ClN5S/c8-6-3-11-7(4-9-6)10-1-5-2-12-13-14-5/h2-4H,1H2,(H,10,11). The number of halogens is 1. The Bertz CT molecular complexity index is 387. The van der Waals surface area contributed by atoms with E-state index in [1.165, 1.54) is 17.7 Å². The largest absolute Gasteiger partial charge is 0.364 e. The normalized spacial score (nSPS) is 10.1. The van der Waals surface area contributed by atoms with Crippen LogP contribution in [0.25, 0.3) is 0 Å². The summed E-state index contributed by atoms with van der Waals surface area (Å²) in [7, 11) is 0. The molecule has 0 spiro atoms. The van der Waals surface area contributed by atoms with E-state index >= 15 is 0 Å². The Kier molecular flexibility index (Phi) is 2.85. The maximum absolute atomic E-state index is 5.59. The van der Waals surface area contributed by atoms with Crippen LogP contribution in [0.5, 0.6) is 0 Å². The van der Waals surface area contributed by atoms with Crippen molar-refractivity contribution in [1.82, 2.24) is 19.6 Å². The quantitative estimate of drug-likeness (QED) is 0.863. The Labute approximate surface area is 89.3 Å². The highest BCUT2D eigenvalue weighted by atomic mass is 35.5. The molecule has 0 saturated heterocycles. The fraction of sp³-hybridized carbons (Fsp3) is 0.143. The number of nitrogens with one attached hydrogen (secondary N) is 1. The second-order valence-electron chi connectivity index (χ2n) is 2.46. The zero-order chi connectivity index (χ0) is 9.80. The summed E-state index contributed by atoms with van der Waals surface area (Å²) in [6, 6.07) is 0. The van der Waals surface area contributed by atoms with Crippen LogP contribution in [0.3, 0.4) is 0 Å². The van der Waals surface area contributed by atoms with Crippen LogP contribution >= 0.6 is 23.1 Å². The molecule has 0 aliphatic rings. The van der Waals surface area contributed by atoms with Crippen molar-refractivity contribution in [2.24, 2.45) is 0 Å². The molecular formula is C7H6ClN5S. The first-order valence-electron chi connectivity index (χ1n) is 3.82. The summed E-state index contributed by atoms with van der Waals surface area (Å²) in [6.07, 6.45) is 4.78. The first kappa shape index (κ1) is 9.29. The highest BCUT2D eigenvalue weighted by Gasteiger charge is 1.97. The van der Waals surface area contributed by atoms with Gasteiger partial charge in [0, 0.05) is 0 Å². The summed E-state index contributed by atoms with van der Waals surface area (Å²) < 4.78 is 3.74. The number of hydrogen-bond acceptors (Lipinski definition) is 6. The zero-order valence-electron chi connectivity index (χ0n) is 7.01. The Morgan fingerprint density at radius 2 is 2.21 bits per heavy atom. The lowest BCUT2D eigenvalue weighted by molar-refractivity contribution is 1.09. The Hall–Kier alpha value is -1.27. The van der Waals surface area contributed by atoms with Gasteiger partial charge in [-0.2, -0.15) is 0 Å². The first-order chi connectivity index (χ1) is 6.84. The number of aromatic nitrogens is 4. The molecule has 2 aromatic heterocycles. The highest BCUT2D eigenvalue weighted by molar-refractivity contribution is 7.05. The second kappa shape index (κ2) is 4.30. The van der Waals surface area contributed by atoms with Crippen molar-refractivity contribution in [3.05, 3.63) is 28.6 Å². The fourth-order valence-electron chi connectivity index (χ4n) is 0.847. The van der Waals surface area contributed by atoms with E-state index in [-0.39, 0.29) is 0 Å². The lowest BCUT2D eigenvalue weighted by Crippen LogP contribution is -1.99. The van der Waals surface area contributed by atoms with Gasteiger partial charge in [0.15, 0.2) is 0 Å². The topological polar surface area (TPSA) is 63.6 Å². The van der Waals surface area contributed by atoms with Crippen molar-refractivity contribution in [2.75, 3.05) is 5.32 Å². The molecule has 0 radical (unpaired) electrons. The van der Waals surface area contributed by atoms with E-state index in [0.717, 1.165) is 4.88 Å². The van der Waals surface area contributed by atoms with Crippen LogP contribution < -0.4 is 5.32 Å². The molecule has 0 fully saturated rings. The lowest BCUT2D eigenvalue weighted by Gasteiger charge is -2.01. The van der Waals surface area contributed by atoms with Crippen molar-refractivity contribution >= 4 is 29.0 Å². The molecule has 0 bridgehead atoms. The van der Waals surface area contributed by atoms with Gasteiger partial charge < -0.3 is 5.32 Å². The van der Waals surface area contributed by atoms with Crippen LogP contribution in [-0.4, -0.2) is 19.6 Å². The molecule has 2 aromatic rings. The maximum atomic E-state index is 5.59. The SMILES string of the molecule is Clc1cnc(NCc2cnns2)cn1. The molecule has 0 saturated carbocycles. The minimum atomic E-state index is 0.384. The molecular weight excluding hydrogens is 222 g/mol. The summed E-state index contributed by atoms with van der Waals surface area (Å²) >= 11 is 6.94. The van der Waals surface area contributed by atoms with E-state index < -0.39 is 0 Å². The first-order valence-corrected chi connectivity index (χ1v) is 4.97. The number of rotatable bonds is 3. The fourth-order valence-corrected chi connectivity index (χ4v) is 1.37. The summed E-state index contributed by atoms with van der Waals surface area (Å²) in [4.78, 5) is 8.97. The van der Waals surface area contributed by atoms with E-state index in [1.807, 2.05) is 0 Å². The molecule has 1 N–H and O–H groups in total. The van der Waals surface area contributed by atoms with E-state index in [9.17, 15) is 0 Å². The molecule has 0 aliphatic carbocycles. The molecule has 0 aliphatic heterocycles. The van der Waals surface area contributed by atoms with Gasteiger partial charge in [-0.3, -0.25) is 0 Å². The third-order valence-corrected chi connectivity index (χ3v) is 2.33. The molecule has 0 unspecified atom stereocenters. The minimum absolute atomic E-state index is 0.384. The Morgan fingerprint density at radius 1 is 1.29 bits per heavy atom. The second-order valence-corrected chi connectivity index (χ2v) is 3.72. The van der Waals surface area contributed by atoms with Gasteiger partial charge in [0.05, 0.1) is 30.0 Å². The molecule has 0 aromatic carbocycles. The Morgan fingerprint density at radius 3 is 2.86 bits per heavy atom. The number of anilines is 1. The van der Waals surface area contributed by atoms with Gasteiger partial charge >= 0.3 is 0 Å². The number of nitrogens with zero attached hydrogens (tertiary/aromatic N) is 4. The van der Waals surface area contributed by atoms with E-state index in [4.69, 9.17) is 11.6 Å². The summed E-state index contributed by atoms with van der Waals surface area (Å²) in [5.74, 6) is 0.683. The van der Waals surface area contributed by atoms with E-state index in [2.05, 4.69) is 24.9 Å². The molecule has 2 heterocycles. The summed E-state index contributed by atoms with van der Waals surface area (Å²) in [5, 5.41) is 7.18. The predicted octanol–water partition coefficient (Wildman–Crippen LogP) is 1.59. The third-order valence-electron chi connectivity index (χ3n) is 1.47. The van der Waals surface area contributed by atoms with Gasteiger partial charge in [0.1, 0.15) is 11.0 Å². The van der Waals surface area contributed by atoms with Crippen LogP contribution in [-0.2, 0) is 6.54 Å². The van der Waals surface area contributed by atoms with Gasteiger partial charge in [0.2, 0.25) is 0 Å². The summed E-state index contributed by atoms with van der Waals surface area (Å²) in [6.45, 7) is 0.647. The third kappa shape index (κ3) is 2.36. The van der Waals surface area contributed by atoms with E-state index in [0.29, 0.717) is 17.5 Å². The van der Waals surface area contributed by atoms with Crippen LogP contribution in [0.15, 0.2) is 18.6 Å². The maximum Gasteiger partial charge on any atom is 0.147 e. The molecule has 14 heavy (non-hydrogen) atoms. The monoisotopic (exact) mass is 227 g/mol.